The molecule has 6 rings (SSSR count). The predicted octanol–water partition coefficient (Wildman–Crippen LogP) is 7.18. The van der Waals surface area contributed by atoms with Gasteiger partial charge in [0.1, 0.15) is 28.6 Å². The summed E-state index contributed by atoms with van der Waals surface area (Å²) < 4.78 is 34.2. The number of nitrogens with zero attached hydrogens (tertiary/aromatic N) is 2. The van der Waals surface area contributed by atoms with Crippen molar-refractivity contribution in [2.24, 2.45) is 0 Å². The van der Waals surface area contributed by atoms with Gasteiger partial charge in [0.25, 0.3) is 5.91 Å². The summed E-state index contributed by atoms with van der Waals surface area (Å²) in [5, 5.41) is 3.64. The minimum atomic E-state index is -1.23. The number of anilines is 1. The van der Waals surface area contributed by atoms with Crippen LogP contribution >= 0.6 is 0 Å². The van der Waals surface area contributed by atoms with Crippen LogP contribution in [0.4, 0.5) is 14.6 Å². The van der Waals surface area contributed by atoms with Crippen molar-refractivity contribution in [3.05, 3.63) is 114 Å². The minimum Gasteiger partial charge on any atom is -0.459 e. The van der Waals surface area contributed by atoms with Crippen LogP contribution in [0, 0.1) is 5.82 Å². The second kappa shape index (κ2) is 12.4. The minimum absolute atomic E-state index is 0.110. The van der Waals surface area contributed by atoms with Gasteiger partial charge in [0.2, 0.25) is 5.91 Å². The topological polar surface area (TPSA) is 101 Å². The molecule has 7 nitrogen and oxygen atoms in total. The van der Waals surface area contributed by atoms with Gasteiger partial charge in [-0.25, -0.2) is 13.8 Å². The lowest BCUT2D eigenvalue weighted by atomic mass is 9.94. The van der Waals surface area contributed by atoms with E-state index in [1.165, 1.54) is 18.2 Å². The molecular weight excluding hydrogens is 574 g/mol. The normalized spacial score (nSPS) is 14.6. The summed E-state index contributed by atoms with van der Waals surface area (Å²) >= 11 is 0. The molecule has 5 aromatic rings. The Hall–Kier alpha value is -5.31. The molecule has 0 unspecified atom stereocenters. The number of fused-ring (bicyclic) bond motifs is 1. The summed E-state index contributed by atoms with van der Waals surface area (Å²) in [6.45, 7) is 2.53. The number of amides is 2. The molecule has 0 atom stereocenters. The number of hydrogen-bond donors (Lipinski definition) is 2. The van der Waals surface area contributed by atoms with E-state index in [1.54, 1.807) is 60.5 Å². The Kier molecular flexibility index (Phi) is 8.17. The number of benzene rings is 3. The average molecular weight is 607 g/mol. The van der Waals surface area contributed by atoms with Crippen molar-refractivity contribution in [3.63, 3.8) is 0 Å². The van der Waals surface area contributed by atoms with Crippen molar-refractivity contribution < 1.29 is 22.8 Å². The molecule has 0 radical (unpaired) electrons. The molecule has 0 bridgehead atoms. The number of aromatic nitrogens is 1. The molecule has 3 aromatic carbocycles. The molecule has 0 spiro atoms. The van der Waals surface area contributed by atoms with E-state index in [1.807, 2.05) is 30.3 Å². The van der Waals surface area contributed by atoms with Gasteiger partial charge in [0.15, 0.2) is 0 Å². The number of alkyl halides is 1. The van der Waals surface area contributed by atoms with Crippen molar-refractivity contribution in [1.82, 2.24) is 15.2 Å². The molecule has 2 aromatic heterocycles. The maximum absolute atomic E-state index is 14.2. The van der Waals surface area contributed by atoms with Crippen molar-refractivity contribution in [3.8, 4) is 22.3 Å². The van der Waals surface area contributed by atoms with E-state index in [0.717, 1.165) is 33.2 Å². The zero-order valence-electron chi connectivity index (χ0n) is 24.7. The highest BCUT2D eigenvalue weighted by Crippen LogP contribution is 2.36. The number of likely N-dealkylation sites (tertiary alicyclic amines) is 1. The lowest BCUT2D eigenvalue weighted by Crippen LogP contribution is -2.43. The van der Waals surface area contributed by atoms with E-state index in [9.17, 15) is 18.4 Å². The van der Waals surface area contributed by atoms with Crippen LogP contribution < -0.4 is 11.1 Å². The van der Waals surface area contributed by atoms with Gasteiger partial charge in [0.05, 0.1) is 6.54 Å². The van der Waals surface area contributed by atoms with E-state index in [2.05, 4.69) is 10.3 Å². The second-order valence-electron chi connectivity index (χ2n) is 11.5. The summed E-state index contributed by atoms with van der Waals surface area (Å²) in [6, 6.07) is 22.8. The zero-order valence-corrected chi connectivity index (χ0v) is 24.7. The number of furan rings is 1. The van der Waals surface area contributed by atoms with Crippen LogP contribution in [-0.4, -0.2) is 40.5 Å². The predicted molar refractivity (Wildman–Crippen MR) is 171 cm³/mol. The molecule has 1 saturated heterocycles. The number of nitrogens with one attached hydrogen (secondary N) is 1. The average Bonchev–Trinajstić information content (AvgIpc) is 3.46. The summed E-state index contributed by atoms with van der Waals surface area (Å²) in [7, 11) is 0. The Balaban J connectivity index is 1.24. The first-order chi connectivity index (χ1) is 21.6. The lowest BCUT2D eigenvalue weighted by molar-refractivity contribution is -0.116. The van der Waals surface area contributed by atoms with Gasteiger partial charge in [-0.15, -0.1) is 0 Å². The Labute approximate surface area is 259 Å². The van der Waals surface area contributed by atoms with E-state index in [4.69, 9.17) is 10.2 Å². The van der Waals surface area contributed by atoms with Gasteiger partial charge in [-0.3, -0.25) is 9.59 Å². The fraction of sp³-hybridized carbons (Fsp3) is 0.194. The SMILES string of the molecule is CC1(F)CCN(C(=O)c2ccc(-c3cc(-c4ccc(F)cc4)c4oc(CNC(=O)/C=C/c5ccc(N)nc5)cc4c3)cc2)CC1. The van der Waals surface area contributed by atoms with Crippen LogP contribution in [0.15, 0.2) is 95.6 Å². The largest absolute Gasteiger partial charge is 0.459 e. The fourth-order valence-electron chi connectivity index (χ4n) is 5.39. The van der Waals surface area contributed by atoms with Crippen LogP contribution in [0.5, 0.6) is 0 Å². The number of carbonyl (C=O) groups excluding carboxylic acids is 2. The third kappa shape index (κ3) is 6.93. The number of rotatable bonds is 7. The van der Waals surface area contributed by atoms with Gasteiger partial charge < -0.3 is 20.4 Å². The molecular formula is C36H32F2N4O3. The molecule has 9 heteroatoms. The van der Waals surface area contributed by atoms with Gasteiger partial charge >= 0.3 is 0 Å². The number of piperidine rings is 1. The first-order valence-corrected chi connectivity index (χ1v) is 14.7. The van der Waals surface area contributed by atoms with E-state index >= 15 is 0 Å². The Morgan fingerprint density at radius 3 is 2.38 bits per heavy atom. The smallest absolute Gasteiger partial charge is 0.253 e. The van der Waals surface area contributed by atoms with E-state index in [-0.39, 0.29) is 24.2 Å². The Morgan fingerprint density at radius 2 is 1.69 bits per heavy atom. The maximum Gasteiger partial charge on any atom is 0.253 e. The van der Waals surface area contributed by atoms with E-state index < -0.39 is 5.67 Å². The lowest BCUT2D eigenvalue weighted by Gasteiger charge is -2.34. The molecule has 0 saturated carbocycles. The molecule has 45 heavy (non-hydrogen) atoms. The number of nitrogen functional groups attached to an aromatic ring is 1. The summed E-state index contributed by atoms with van der Waals surface area (Å²) in [4.78, 5) is 31.2. The van der Waals surface area contributed by atoms with Gasteiger partial charge in [0, 0.05) is 41.9 Å². The highest BCUT2D eigenvalue weighted by molar-refractivity contribution is 5.98. The van der Waals surface area contributed by atoms with Gasteiger partial charge in [-0.2, -0.15) is 0 Å². The molecule has 1 aliphatic rings. The standard InChI is InChI=1S/C36H32F2N4O3/c1-36(38)14-16-42(17-15-36)35(44)26-6-4-24(5-7-26)27-18-28-19-30(22-41-33(43)13-3-23-2-12-32(39)40-21-23)45-34(28)31(20-27)25-8-10-29(37)11-9-25/h2-13,18-21H,14-17,22H2,1H3,(H2,39,40)(H,41,43)/b13-3+. The van der Waals surface area contributed by atoms with Crippen molar-refractivity contribution in [1.29, 1.82) is 0 Å². The first kappa shape index (κ1) is 29.7. The van der Waals surface area contributed by atoms with Crippen LogP contribution in [-0.2, 0) is 11.3 Å². The molecule has 1 fully saturated rings. The van der Waals surface area contributed by atoms with Gasteiger partial charge in [-0.05, 0) is 103 Å². The summed E-state index contributed by atoms with van der Waals surface area (Å²) in [5.74, 6) is 0.193. The number of halogens is 2. The monoisotopic (exact) mass is 606 g/mol. The highest BCUT2D eigenvalue weighted by atomic mass is 19.1. The number of hydrogen-bond acceptors (Lipinski definition) is 5. The molecule has 1 aliphatic heterocycles. The summed E-state index contributed by atoms with van der Waals surface area (Å²) in [5.41, 5.74) is 9.56. The Bertz CT molecular complexity index is 1870. The fourth-order valence-corrected chi connectivity index (χ4v) is 5.39. The molecule has 0 aliphatic carbocycles. The van der Waals surface area contributed by atoms with Crippen LogP contribution in [0.1, 0.15) is 41.4 Å². The zero-order chi connectivity index (χ0) is 31.6. The number of carbonyl (C=O) groups is 2. The highest BCUT2D eigenvalue weighted by Gasteiger charge is 2.31. The van der Waals surface area contributed by atoms with Crippen molar-refractivity contribution >= 4 is 34.7 Å². The number of pyridine rings is 1. The Morgan fingerprint density at radius 1 is 0.978 bits per heavy atom. The molecule has 2 amide bonds. The van der Waals surface area contributed by atoms with E-state index in [0.29, 0.717) is 48.7 Å². The third-order valence-corrected chi connectivity index (χ3v) is 8.05. The van der Waals surface area contributed by atoms with Crippen LogP contribution in [0.3, 0.4) is 0 Å². The third-order valence-electron chi connectivity index (χ3n) is 8.05. The number of nitrogens with two attached hydrogens (primary N) is 1. The van der Waals surface area contributed by atoms with Crippen LogP contribution in [0.25, 0.3) is 39.3 Å². The van der Waals surface area contributed by atoms with Gasteiger partial charge in [-0.1, -0.05) is 24.3 Å². The quantitative estimate of drug-likeness (QED) is 0.191. The maximum atomic E-state index is 14.2. The second-order valence-corrected chi connectivity index (χ2v) is 11.5. The molecule has 3 N–H and O–H groups in total. The summed E-state index contributed by atoms with van der Waals surface area (Å²) in [6.07, 6.45) is 5.30. The molecule has 3 heterocycles. The van der Waals surface area contributed by atoms with Crippen molar-refractivity contribution in [2.75, 3.05) is 18.8 Å². The van der Waals surface area contributed by atoms with Crippen LogP contribution in [0.2, 0.25) is 0 Å². The molecule has 228 valence electrons. The first-order valence-electron chi connectivity index (χ1n) is 14.7. The van der Waals surface area contributed by atoms with Crippen molar-refractivity contribution in [2.45, 2.75) is 32.0 Å².